The van der Waals surface area contributed by atoms with Crippen LogP contribution in [-0.2, 0) is 4.79 Å². The van der Waals surface area contributed by atoms with Crippen LogP contribution >= 0.6 is 0 Å². The maximum absolute atomic E-state index is 14.0. The maximum atomic E-state index is 14.0. The number of hydrogen-bond acceptors (Lipinski definition) is 3. The molecular weight excluding hydrogens is 415 g/mol. The molecule has 0 spiro atoms. The third kappa shape index (κ3) is 6.11. The Morgan fingerprint density at radius 1 is 0.970 bits per heavy atom. The third-order valence-corrected chi connectivity index (χ3v) is 9.11. The molecule has 4 heteroatoms. The molecule has 4 unspecified atom stereocenters. The van der Waals surface area contributed by atoms with E-state index in [0.29, 0.717) is 11.8 Å². The Kier molecular flexibility index (Phi) is 8.71. The number of carbonyl (C=O) groups is 1. The van der Waals surface area contributed by atoms with Crippen molar-refractivity contribution in [2.75, 3.05) is 7.11 Å². The van der Waals surface area contributed by atoms with Crippen molar-refractivity contribution in [2.24, 2.45) is 35.5 Å². The Labute approximate surface area is 199 Å². The number of benzene rings is 1. The molecule has 0 radical (unpaired) electrons. The summed E-state index contributed by atoms with van der Waals surface area (Å²) >= 11 is 0. The van der Waals surface area contributed by atoms with Crippen molar-refractivity contribution in [3.8, 4) is 11.5 Å². The molecule has 3 fully saturated rings. The summed E-state index contributed by atoms with van der Waals surface area (Å²) in [6.45, 7) is 2.29. The molecular formula is C29H43FO3. The first kappa shape index (κ1) is 24.5. The molecule has 0 amide bonds. The van der Waals surface area contributed by atoms with E-state index in [4.69, 9.17) is 9.47 Å². The van der Waals surface area contributed by atoms with Gasteiger partial charge in [0.25, 0.3) is 0 Å². The Balaban J connectivity index is 1.28. The molecule has 0 heterocycles. The summed E-state index contributed by atoms with van der Waals surface area (Å²) in [4.78, 5) is 13.0. The summed E-state index contributed by atoms with van der Waals surface area (Å²) in [6, 6.07) is 4.40. The largest absolute Gasteiger partial charge is 0.494 e. The molecule has 4 atom stereocenters. The van der Waals surface area contributed by atoms with Crippen molar-refractivity contribution in [1.82, 2.24) is 0 Å². The summed E-state index contributed by atoms with van der Waals surface area (Å²) < 4.78 is 24.6. The zero-order chi connectivity index (χ0) is 23.2. The summed E-state index contributed by atoms with van der Waals surface area (Å²) in [5, 5.41) is 0. The van der Waals surface area contributed by atoms with Crippen molar-refractivity contribution in [3.05, 3.63) is 24.0 Å². The highest BCUT2D eigenvalue weighted by Gasteiger charge is 2.43. The molecule has 0 N–H and O–H groups in total. The van der Waals surface area contributed by atoms with Gasteiger partial charge in [0, 0.05) is 6.07 Å². The van der Waals surface area contributed by atoms with Crippen LogP contribution in [0.25, 0.3) is 0 Å². The molecule has 3 aliphatic carbocycles. The summed E-state index contributed by atoms with van der Waals surface area (Å²) in [6.07, 6.45) is 18.3. The average Bonchev–Trinajstić information content (AvgIpc) is 2.84. The van der Waals surface area contributed by atoms with Gasteiger partial charge in [-0.25, -0.2) is 4.39 Å². The lowest BCUT2D eigenvalue weighted by molar-refractivity contribution is -0.144. The maximum Gasteiger partial charge on any atom is 0.314 e. The fourth-order valence-corrected chi connectivity index (χ4v) is 7.25. The van der Waals surface area contributed by atoms with Gasteiger partial charge in [-0.3, -0.25) is 4.79 Å². The zero-order valence-electron chi connectivity index (χ0n) is 20.7. The highest BCUT2D eigenvalue weighted by molar-refractivity contribution is 5.75. The first-order valence-corrected chi connectivity index (χ1v) is 13.6. The van der Waals surface area contributed by atoms with Gasteiger partial charge in [-0.05, 0) is 80.2 Å². The van der Waals surface area contributed by atoms with E-state index in [2.05, 4.69) is 6.92 Å². The molecule has 4 rings (SSSR count). The second-order valence-corrected chi connectivity index (χ2v) is 11.0. The van der Waals surface area contributed by atoms with Crippen LogP contribution in [0, 0.1) is 41.3 Å². The zero-order valence-corrected chi connectivity index (χ0v) is 20.7. The summed E-state index contributed by atoms with van der Waals surface area (Å²) in [5.41, 5.74) is 0. The van der Waals surface area contributed by atoms with Crippen LogP contribution < -0.4 is 9.47 Å². The van der Waals surface area contributed by atoms with E-state index in [1.165, 1.54) is 89.9 Å². The average molecular weight is 459 g/mol. The van der Waals surface area contributed by atoms with Crippen molar-refractivity contribution < 1.29 is 18.7 Å². The highest BCUT2D eigenvalue weighted by Crippen LogP contribution is 2.50. The quantitative estimate of drug-likeness (QED) is 0.225. The number of unbranched alkanes of at least 4 members (excludes halogenated alkanes) is 2. The normalized spacial score (nSPS) is 32.1. The van der Waals surface area contributed by atoms with Gasteiger partial charge in [-0.2, -0.15) is 0 Å². The predicted molar refractivity (Wildman–Crippen MR) is 130 cm³/mol. The molecule has 33 heavy (non-hydrogen) atoms. The number of fused-ring (bicyclic) bond motifs is 1. The van der Waals surface area contributed by atoms with Crippen molar-refractivity contribution in [1.29, 1.82) is 0 Å². The number of halogens is 1. The Bertz CT molecular complexity index is 770. The lowest BCUT2D eigenvalue weighted by atomic mass is 9.59. The number of ether oxygens (including phenoxy) is 2. The minimum absolute atomic E-state index is 0.0378. The molecule has 3 saturated carbocycles. The predicted octanol–water partition coefficient (Wildman–Crippen LogP) is 7.96. The molecule has 0 bridgehead atoms. The number of hydrogen-bond donors (Lipinski definition) is 0. The van der Waals surface area contributed by atoms with Crippen LogP contribution in [0.1, 0.15) is 96.8 Å². The van der Waals surface area contributed by atoms with Crippen LogP contribution in [-0.4, -0.2) is 13.1 Å². The minimum Gasteiger partial charge on any atom is -0.494 e. The van der Waals surface area contributed by atoms with Gasteiger partial charge in [0.15, 0.2) is 11.6 Å². The van der Waals surface area contributed by atoms with E-state index in [1.807, 2.05) is 0 Å². The van der Waals surface area contributed by atoms with Crippen LogP contribution in [0.5, 0.6) is 11.5 Å². The molecule has 3 nitrogen and oxygen atoms in total. The number of methoxy groups -OCH3 is 1. The second-order valence-electron chi connectivity index (χ2n) is 11.0. The molecule has 0 aromatic heterocycles. The van der Waals surface area contributed by atoms with Gasteiger partial charge in [-0.1, -0.05) is 58.3 Å². The number of carbonyl (C=O) groups excluding carboxylic acids is 1. The van der Waals surface area contributed by atoms with Crippen LogP contribution in [0.3, 0.4) is 0 Å². The molecule has 1 aromatic carbocycles. The van der Waals surface area contributed by atoms with Gasteiger partial charge >= 0.3 is 5.97 Å². The van der Waals surface area contributed by atoms with Crippen molar-refractivity contribution in [2.45, 2.75) is 96.8 Å². The number of rotatable bonds is 8. The Morgan fingerprint density at radius 3 is 2.48 bits per heavy atom. The molecule has 3 aliphatic rings. The lowest BCUT2D eigenvalue weighted by Gasteiger charge is -2.46. The third-order valence-electron chi connectivity index (χ3n) is 9.11. The Hall–Kier alpha value is -1.58. The van der Waals surface area contributed by atoms with E-state index in [-0.39, 0.29) is 23.4 Å². The van der Waals surface area contributed by atoms with Crippen LogP contribution in [0.4, 0.5) is 4.39 Å². The van der Waals surface area contributed by atoms with Crippen molar-refractivity contribution >= 4 is 5.97 Å². The van der Waals surface area contributed by atoms with E-state index < -0.39 is 5.82 Å². The van der Waals surface area contributed by atoms with Gasteiger partial charge in [0.1, 0.15) is 5.75 Å². The Morgan fingerprint density at radius 2 is 1.76 bits per heavy atom. The topological polar surface area (TPSA) is 35.5 Å². The fraction of sp³-hybridized carbons (Fsp3) is 0.759. The molecule has 184 valence electrons. The highest BCUT2D eigenvalue weighted by atomic mass is 19.1. The van der Waals surface area contributed by atoms with Gasteiger partial charge in [0.05, 0.1) is 13.0 Å². The molecule has 0 aliphatic heterocycles. The van der Waals surface area contributed by atoms with Crippen molar-refractivity contribution in [3.63, 3.8) is 0 Å². The smallest absolute Gasteiger partial charge is 0.314 e. The van der Waals surface area contributed by atoms with Crippen LogP contribution in [0.15, 0.2) is 18.2 Å². The molecule has 1 aromatic rings. The molecule has 0 saturated heterocycles. The van der Waals surface area contributed by atoms with E-state index in [0.717, 1.165) is 37.0 Å². The van der Waals surface area contributed by atoms with E-state index in [1.54, 1.807) is 6.07 Å². The first-order chi connectivity index (χ1) is 16.1. The van der Waals surface area contributed by atoms with Crippen LogP contribution in [0.2, 0.25) is 0 Å². The summed E-state index contributed by atoms with van der Waals surface area (Å²) in [5.74, 6) is 3.58. The summed E-state index contributed by atoms with van der Waals surface area (Å²) in [7, 11) is 1.43. The fourth-order valence-electron chi connectivity index (χ4n) is 7.25. The van der Waals surface area contributed by atoms with Gasteiger partial charge in [-0.15, -0.1) is 0 Å². The SMILES string of the molecule is CCCCCC1CCC(C2CCC3C(CCCC3C(=O)Oc3ccc(OC)c(F)c3)C2)CC1. The monoisotopic (exact) mass is 458 g/mol. The van der Waals surface area contributed by atoms with E-state index in [9.17, 15) is 9.18 Å². The lowest BCUT2D eigenvalue weighted by Crippen LogP contribution is -2.40. The second kappa shape index (κ2) is 11.7. The standard InChI is InChI=1S/C29H43FO3/c1-3-4-5-7-20-10-12-21(13-11-20)22-14-16-25-23(18-22)8-6-9-26(25)29(31)33-24-15-17-28(32-2)27(30)19-24/h15,17,19-23,25-26H,3-14,16,18H2,1-2H3. The van der Waals surface area contributed by atoms with Gasteiger partial charge in [0.2, 0.25) is 0 Å². The first-order valence-electron chi connectivity index (χ1n) is 13.6. The van der Waals surface area contributed by atoms with Gasteiger partial charge < -0.3 is 9.47 Å². The minimum atomic E-state index is -0.495. The van der Waals surface area contributed by atoms with E-state index >= 15 is 0 Å². The number of esters is 1.